The van der Waals surface area contributed by atoms with Crippen molar-refractivity contribution in [1.82, 2.24) is 0 Å². The van der Waals surface area contributed by atoms with Gasteiger partial charge in [-0.05, 0) is 42.7 Å². The molecule has 1 N–H and O–H groups in total. The van der Waals surface area contributed by atoms with Gasteiger partial charge in [-0.3, -0.25) is 4.79 Å². The molecule has 0 aliphatic heterocycles. The van der Waals surface area contributed by atoms with E-state index >= 15 is 0 Å². The van der Waals surface area contributed by atoms with Crippen LogP contribution < -0.4 is 5.32 Å². The molecule has 19 heavy (non-hydrogen) atoms. The average molecular weight is 250 g/mol. The Morgan fingerprint density at radius 2 is 1.74 bits per heavy atom. The van der Waals surface area contributed by atoms with Gasteiger partial charge in [0.05, 0.1) is 0 Å². The maximum atomic E-state index is 11.7. The summed E-state index contributed by atoms with van der Waals surface area (Å²) in [6.07, 6.45) is 4.08. The highest BCUT2D eigenvalue weighted by atomic mass is 16.1. The first kappa shape index (κ1) is 13.1. The number of carbonyl (C=O) groups is 1. The highest BCUT2D eigenvalue weighted by molar-refractivity contribution is 6.01. The summed E-state index contributed by atoms with van der Waals surface area (Å²) in [4.78, 5) is 11.7. The quantitative estimate of drug-likeness (QED) is 0.823. The van der Waals surface area contributed by atoms with Crippen LogP contribution in [0.3, 0.4) is 0 Å². The number of hydrogen-bond acceptors (Lipinski definition) is 1. The Morgan fingerprint density at radius 1 is 1.05 bits per heavy atom. The molecule has 2 aromatic carbocycles. The van der Waals surface area contributed by atoms with E-state index in [1.807, 2.05) is 54.6 Å². The largest absolute Gasteiger partial charge is 0.323 e. The highest BCUT2D eigenvalue weighted by Crippen LogP contribution is 2.10. The van der Waals surface area contributed by atoms with E-state index in [0.717, 1.165) is 23.2 Å². The number of nitrogens with one attached hydrogen (secondary N) is 1. The SMILES string of the molecule is [CH2]Cc1ccc(NC(=O)C=Cc2ccccc2)cc1. The molecule has 2 heteroatoms. The molecular formula is C17H16NO. The molecule has 0 aliphatic rings. The zero-order chi connectivity index (χ0) is 13.5. The van der Waals surface area contributed by atoms with Gasteiger partial charge in [0.15, 0.2) is 0 Å². The van der Waals surface area contributed by atoms with E-state index in [-0.39, 0.29) is 5.91 Å². The summed E-state index contributed by atoms with van der Waals surface area (Å²) < 4.78 is 0. The lowest BCUT2D eigenvalue weighted by Crippen LogP contribution is -2.07. The lowest BCUT2D eigenvalue weighted by molar-refractivity contribution is -0.111. The predicted molar refractivity (Wildman–Crippen MR) is 79.6 cm³/mol. The summed E-state index contributed by atoms with van der Waals surface area (Å²) in [7, 11) is 0. The monoisotopic (exact) mass is 250 g/mol. The van der Waals surface area contributed by atoms with Crippen LogP contribution in [0.2, 0.25) is 0 Å². The average Bonchev–Trinajstić information content (AvgIpc) is 2.47. The number of carbonyl (C=O) groups excluding carboxylic acids is 1. The number of amides is 1. The molecule has 0 saturated heterocycles. The van der Waals surface area contributed by atoms with E-state index in [4.69, 9.17) is 0 Å². The van der Waals surface area contributed by atoms with E-state index in [9.17, 15) is 4.79 Å². The Hall–Kier alpha value is -2.35. The molecule has 0 aromatic heterocycles. The van der Waals surface area contributed by atoms with Crippen molar-refractivity contribution in [3.8, 4) is 0 Å². The van der Waals surface area contributed by atoms with Gasteiger partial charge in [0.1, 0.15) is 0 Å². The molecule has 95 valence electrons. The third-order valence-corrected chi connectivity index (χ3v) is 2.74. The molecule has 0 aliphatic carbocycles. The molecule has 0 spiro atoms. The van der Waals surface area contributed by atoms with Crippen molar-refractivity contribution in [3.05, 3.63) is 78.7 Å². The van der Waals surface area contributed by atoms with Crippen molar-refractivity contribution in [2.45, 2.75) is 6.42 Å². The Bertz CT molecular complexity index is 556. The van der Waals surface area contributed by atoms with Crippen LogP contribution in [0.4, 0.5) is 5.69 Å². The van der Waals surface area contributed by atoms with Crippen LogP contribution in [0.25, 0.3) is 6.08 Å². The molecule has 2 rings (SSSR count). The first-order valence-electron chi connectivity index (χ1n) is 6.20. The molecule has 1 amide bonds. The summed E-state index contributed by atoms with van der Waals surface area (Å²) in [6, 6.07) is 17.4. The number of hydrogen-bond donors (Lipinski definition) is 1. The predicted octanol–water partition coefficient (Wildman–Crippen LogP) is 3.72. The Kier molecular flexibility index (Phi) is 4.51. The van der Waals surface area contributed by atoms with Gasteiger partial charge < -0.3 is 5.32 Å². The van der Waals surface area contributed by atoms with Crippen molar-refractivity contribution in [1.29, 1.82) is 0 Å². The Balaban J connectivity index is 1.95. The van der Waals surface area contributed by atoms with Crippen LogP contribution in [0.5, 0.6) is 0 Å². The third-order valence-electron chi connectivity index (χ3n) is 2.74. The molecule has 1 radical (unpaired) electrons. The lowest BCUT2D eigenvalue weighted by atomic mass is 10.1. The lowest BCUT2D eigenvalue weighted by Gasteiger charge is -2.03. The van der Waals surface area contributed by atoms with Gasteiger partial charge in [0.2, 0.25) is 5.91 Å². The second-order valence-electron chi connectivity index (χ2n) is 4.18. The fourth-order valence-corrected chi connectivity index (χ4v) is 1.67. The van der Waals surface area contributed by atoms with Crippen molar-refractivity contribution in [3.63, 3.8) is 0 Å². The topological polar surface area (TPSA) is 29.1 Å². The Morgan fingerprint density at radius 3 is 2.37 bits per heavy atom. The summed E-state index contributed by atoms with van der Waals surface area (Å²) >= 11 is 0. The van der Waals surface area contributed by atoms with E-state index in [1.165, 1.54) is 6.08 Å². The maximum absolute atomic E-state index is 11.7. The minimum absolute atomic E-state index is 0.133. The zero-order valence-electron chi connectivity index (χ0n) is 10.7. The highest BCUT2D eigenvalue weighted by Gasteiger charge is 1.97. The number of benzene rings is 2. The molecule has 0 saturated carbocycles. The van der Waals surface area contributed by atoms with Gasteiger partial charge >= 0.3 is 0 Å². The van der Waals surface area contributed by atoms with E-state index in [1.54, 1.807) is 6.08 Å². The van der Waals surface area contributed by atoms with E-state index in [2.05, 4.69) is 12.2 Å². The number of anilines is 1. The minimum atomic E-state index is -0.133. The fraction of sp³-hybridized carbons (Fsp3) is 0.0588. The minimum Gasteiger partial charge on any atom is -0.323 e. The van der Waals surface area contributed by atoms with Crippen molar-refractivity contribution in [2.75, 3.05) is 5.32 Å². The molecule has 2 nitrogen and oxygen atoms in total. The van der Waals surface area contributed by atoms with Gasteiger partial charge in [-0.15, -0.1) is 0 Å². The zero-order valence-corrected chi connectivity index (χ0v) is 10.7. The molecule has 0 bridgehead atoms. The van der Waals surface area contributed by atoms with Crippen LogP contribution in [-0.2, 0) is 11.2 Å². The molecule has 0 heterocycles. The van der Waals surface area contributed by atoms with Crippen molar-refractivity contribution < 1.29 is 4.79 Å². The van der Waals surface area contributed by atoms with Crippen LogP contribution in [0, 0.1) is 6.92 Å². The van der Waals surface area contributed by atoms with E-state index < -0.39 is 0 Å². The van der Waals surface area contributed by atoms with Gasteiger partial charge in [-0.1, -0.05) is 42.5 Å². The van der Waals surface area contributed by atoms with Crippen LogP contribution >= 0.6 is 0 Å². The second-order valence-corrected chi connectivity index (χ2v) is 4.18. The van der Waals surface area contributed by atoms with Gasteiger partial charge in [0.25, 0.3) is 0 Å². The van der Waals surface area contributed by atoms with Crippen LogP contribution in [0.1, 0.15) is 11.1 Å². The molecular weight excluding hydrogens is 234 g/mol. The van der Waals surface area contributed by atoms with Crippen molar-refractivity contribution >= 4 is 17.7 Å². The second kappa shape index (κ2) is 6.55. The van der Waals surface area contributed by atoms with Gasteiger partial charge in [-0.2, -0.15) is 0 Å². The van der Waals surface area contributed by atoms with Crippen LogP contribution in [0.15, 0.2) is 60.7 Å². The summed E-state index contributed by atoms with van der Waals surface area (Å²) in [5, 5.41) is 2.82. The number of rotatable bonds is 4. The normalized spacial score (nSPS) is 10.6. The smallest absolute Gasteiger partial charge is 0.248 e. The maximum Gasteiger partial charge on any atom is 0.248 e. The first-order valence-corrected chi connectivity index (χ1v) is 6.20. The van der Waals surface area contributed by atoms with Gasteiger partial charge in [-0.25, -0.2) is 0 Å². The first-order chi connectivity index (χ1) is 9.28. The summed E-state index contributed by atoms with van der Waals surface area (Å²) in [5.74, 6) is -0.133. The summed E-state index contributed by atoms with van der Waals surface area (Å²) in [6.45, 7) is 3.81. The fourth-order valence-electron chi connectivity index (χ4n) is 1.67. The molecule has 0 fully saturated rings. The summed E-state index contributed by atoms with van der Waals surface area (Å²) in [5.41, 5.74) is 2.95. The molecule has 2 aromatic rings. The van der Waals surface area contributed by atoms with Crippen LogP contribution in [-0.4, -0.2) is 5.91 Å². The Labute approximate surface area is 113 Å². The van der Waals surface area contributed by atoms with Crippen molar-refractivity contribution in [2.24, 2.45) is 0 Å². The van der Waals surface area contributed by atoms with E-state index in [0.29, 0.717) is 0 Å². The molecule has 0 atom stereocenters. The standard InChI is InChI=1S/C17H16NO/c1-2-14-8-11-16(12-9-14)18-17(19)13-10-15-6-4-3-5-7-15/h3-13H,1-2H2,(H,18,19). The molecule has 0 unspecified atom stereocenters. The third kappa shape index (κ3) is 4.11. The van der Waals surface area contributed by atoms with Gasteiger partial charge in [0, 0.05) is 11.8 Å².